The van der Waals surface area contributed by atoms with E-state index in [0.717, 1.165) is 25.1 Å². The minimum absolute atomic E-state index is 0.180. The van der Waals surface area contributed by atoms with Gasteiger partial charge in [0.05, 0.1) is 17.3 Å². The summed E-state index contributed by atoms with van der Waals surface area (Å²) in [5, 5.41) is 11.8. The van der Waals surface area contributed by atoms with Crippen molar-refractivity contribution in [1.82, 2.24) is 24.8 Å². The van der Waals surface area contributed by atoms with E-state index >= 15 is 0 Å². The van der Waals surface area contributed by atoms with E-state index in [1.807, 2.05) is 16.9 Å². The van der Waals surface area contributed by atoms with Gasteiger partial charge in [0.1, 0.15) is 0 Å². The van der Waals surface area contributed by atoms with Crippen molar-refractivity contribution in [1.29, 1.82) is 0 Å². The third-order valence-electron chi connectivity index (χ3n) is 5.19. The number of rotatable bonds is 4. The first-order chi connectivity index (χ1) is 13.7. The highest BCUT2D eigenvalue weighted by Crippen LogP contribution is 2.39. The summed E-state index contributed by atoms with van der Waals surface area (Å²) in [7, 11) is 0. The van der Waals surface area contributed by atoms with Crippen molar-refractivity contribution in [3.05, 3.63) is 47.5 Å². The number of hydrogen-bond donors (Lipinski definition) is 1. The van der Waals surface area contributed by atoms with Gasteiger partial charge in [0, 0.05) is 36.4 Å². The lowest BCUT2D eigenvalue weighted by Crippen LogP contribution is -2.33. The Labute approximate surface area is 166 Å². The normalized spacial score (nSPS) is 19.2. The van der Waals surface area contributed by atoms with Gasteiger partial charge < -0.3 is 14.7 Å². The van der Waals surface area contributed by atoms with Crippen LogP contribution in [0.2, 0.25) is 5.02 Å². The molecule has 1 aliphatic heterocycles. The second-order valence-electron chi connectivity index (χ2n) is 7.23. The Morgan fingerprint density at radius 1 is 1.29 bits per heavy atom. The predicted octanol–water partition coefficient (Wildman–Crippen LogP) is 3.94. The van der Waals surface area contributed by atoms with Crippen LogP contribution in [0.4, 0.5) is 10.5 Å². The maximum absolute atomic E-state index is 12.8. The van der Waals surface area contributed by atoms with Crippen molar-refractivity contribution >= 4 is 23.3 Å². The smallest absolute Gasteiger partial charge is 0.321 e. The zero-order valence-electron chi connectivity index (χ0n) is 15.1. The SMILES string of the molecule is O=C(Nc1cc(Cl)ccc1-c1nc(C2CC2)no1)N1CCC(n2cccn2)C1. The molecule has 2 fully saturated rings. The van der Waals surface area contributed by atoms with Crippen molar-refractivity contribution in [2.45, 2.75) is 31.2 Å². The summed E-state index contributed by atoms with van der Waals surface area (Å²) in [4.78, 5) is 19.1. The van der Waals surface area contributed by atoms with Crippen LogP contribution in [0.25, 0.3) is 11.5 Å². The van der Waals surface area contributed by atoms with Gasteiger partial charge in [-0.1, -0.05) is 16.8 Å². The van der Waals surface area contributed by atoms with Crippen molar-refractivity contribution in [3.63, 3.8) is 0 Å². The first-order valence-electron chi connectivity index (χ1n) is 9.36. The third-order valence-corrected chi connectivity index (χ3v) is 5.42. The molecule has 144 valence electrons. The molecule has 8 nitrogen and oxygen atoms in total. The second kappa shape index (κ2) is 6.94. The lowest BCUT2D eigenvalue weighted by molar-refractivity contribution is 0.220. The number of amides is 2. The molecular weight excluding hydrogens is 380 g/mol. The summed E-state index contributed by atoms with van der Waals surface area (Å²) in [5.41, 5.74) is 1.23. The maximum atomic E-state index is 12.8. The topological polar surface area (TPSA) is 89.1 Å². The van der Waals surface area contributed by atoms with Gasteiger partial charge in [-0.15, -0.1) is 0 Å². The van der Waals surface area contributed by atoms with Crippen LogP contribution in [-0.4, -0.2) is 43.9 Å². The Morgan fingerprint density at radius 3 is 2.96 bits per heavy atom. The molecule has 0 bridgehead atoms. The van der Waals surface area contributed by atoms with Gasteiger partial charge in [0.15, 0.2) is 5.82 Å². The van der Waals surface area contributed by atoms with Gasteiger partial charge in [-0.2, -0.15) is 10.1 Å². The zero-order valence-corrected chi connectivity index (χ0v) is 15.8. The minimum atomic E-state index is -0.180. The molecule has 1 aromatic carbocycles. The number of nitrogens with one attached hydrogen (secondary N) is 1. The molecule has 1 N–H and O–H groups in total. The van der Waals surface area contributed by atoms with E-state index in [0.29, 0.717) is 41.2 Å². The van der Waals surface area contributed by atoms with Gasteiger partial charge in [-0.25, -0.2) is 4.79 Å². The second-order valence-corrected chi connectivity index (χ2v) is 7.66. The van der Waals surface area contributed by atoms with E-state index in [-0.39, 0.29) is 12.1 Å². The number of aromatic nitrogens is 4. The van der Waals surface area contributed by atoms with Crippen molar-refractivity contribution in [2.75, 3.05) is 18.4 Å². The molecule has 1 saturated heterocycles. The molecule has 5 rings (SSSR count). The van der Waals surface area contributed by atoms with Crippen LogP contribution >= 0.6 is 11.6 Å². The van der Waals surface area contributed by atoms with Crippen LogP contribution in [0.15, 0.2) is 41.2 Å². The average molecular weight is 399 g/mol. The Kier molecular flexibility index (Phi) is 4.27. The molecule has 1 aliphatic carbocycles. The number of carbonyl (C=O) groups is 1. The van der Waals surface area contributed by atoms with Crippen LogP contribution in [0.5, 0.6) is 0 Å². The zero-order chi connectivity index (χ0) is 19.1. The Bertz CT molecular complexity index is 998. The number of hydrogen-bond acceptors (Lipinski definition) is 5. The van der Waals surface area contributed by atoms with E-state index in [1.165, 1.54) is 0 Å². The van der Waals surface area contributed by atoms with E-state index in [9.17, 15) is 4.79 Å². The molecule has 0 spiro atoms. The number of benzene rings is 1. The molecule has 0 radical (unpaired) electrons. The fourth-order valence-corrected chi connectivity index (χ4v) is 3.66. The fourth-order valence-electron chi connectivity index (χ4n) is 3.49. The largest absolute Gasteiger partial charge is 0.334 e. The molecule has 2 amide bonds. The highest BCUT2D eigenvalue weighted by Gasteiger charge is 2.30. The molecule has 3 aromatic rings. The molecular formula is C19H19ClN6O2. The quantitative estimate of drug-likeness (QED) is 0.718. The standard InChI is InChI=1S/C19H19ClN6O2/c20-13-4-5-15(18-23-17(24-28-18)12-2-3-12)16(10-13)22-19(27)25-9-6-14(11-25)26-8-1-7-21-26/h1,4-5,7-8,10,12,14H,2-3,6,9,11H2,(H,22,27). The molecule has 1 saturated carbocycles. The lowest BCUT2D eigenvalue weighted by Gasteiger charge is -2.18. The summed E-state index contributed by atoms with van der Waals surface area (Å²) in [5.74, 6) is 1.51. The van der Waals surface area contributed by atoms with E-state index in [2.05, 4.69) is 20.6 Å². The van der Waals surface area contributed by atoms with Gasteiger partial charge >= 0.3 is 6.03 Å². The lowest BCUT2D eigenvalue weighted by atomic mass is 10.1. The number of anilines is 1. The monoisotopic (exact) mass is 398 g/mol. The molecule has 2 aliphatic rings. The number of carbonyl (C=O) groups excluding carboxylic acids is 1. The maximum Gasteiger partial charge on any atom is 0.321 e. The number of likely N-dealkylation sites (tertiary alicyclic amines) is 1. The summed E-state index contributed by atoms with van der Waals surface area (Å²) in [6.45, 7) is 1.27. The molecule has 9 heteroatoms. The molecule has 2 aromatic heterocycles. The molecule has 3 heterocycles. The highest BCUT2D eigenvalue weighted by atomic mass is 35.5. The Balaban J connectivity index is 1.34. The molecule has 1 unspecified atom stereocenters. The first-order valence-corrected chi connectivity index (χ1v) is 9.74. The number of halogens is 1. The summed E-state index contributed by atoms with van der Waals surface area (Å²) in [6, 6.07) is 7.14. The van der Waals surface area contributed by atoms with Crippen LogP contribution in [0.3, 0.4) is 0 Å². The van der Waals surface area contributed by atoms with Gasteiger partial charge in [-0.3, -0.25) is 4.68 Å². The van der Waals surface area contributed by atoms with Gasteiger partial charge in [0.25, 0.3) is 5.89 Å². The highest BCUT2D eigenvalue weighted by molar-refractivity contribution is 6.31. The van der Waals surface area contributed by atoms with Crippen LogP contribution in [-0.2, 0) is 0 Å². The molecule has 28 heavy (non-hydrogen) atoms. The number of urea groups is 1. The van der Waals surface area contributed by atoms with Gasteiger partial charge in [-0.05, 0) is 43.5 Å². The summed E-state index contributed by atoms with van der Waals surface area (Å²) >= 11 is 6.16. The van der Waals surface area contributed by atoms with Crippen molar-refractivity contribution < 1.29 is 9.32 Å². The van der Waals surface area contributed by atoms with Gasteiger partial charge in [0.2, 0.25) is 0 Å². The average Bonchev–Trinajstić information content (AvgIpc) is 3.12. The van der Waals surface area contributed by atoms with Crippen molar-refractivity contribution in [3.8, 4) is 11.5 Å². The van der Waals surface area contributed by atoms with Crippen LogP contribution in [0, 0.1) is 0 Å². The van der Waals surface area contributed by atoms with E-state index in [4.69, 9.17) is 16.1 Å². The Morgan fingerprint density at radius 2 is 2.18 bits per heavy atom. The number of nitrogens with zero attached hydrogens (tertiary/aromatic N) is 5. The first kappa shape index (κ1) is 17.2. The molecule has 1 atom stereocenters. The minimum Gasteiger partial charge on any atom is -0.334 e. The van der Waals surface area contributed by atoms with Crippen molar-refractivity contribution in [2.24, 2.45) is 0 Å². The summed E-state index contributed by atoms with van der Waals surface area (Å²) in [6.07, 6.45) is 6.73. The van der Waals surface area contributed by atoms with E-state index in [1.54, 1.807) is 29.3 Å². The predicted molar refractivity (Wildman–Crippen MR) is 103 cm³/mol. The fraction of sp³-hybridized carbons (Fsp3) is 0.368. The Hall–Kier alpha value is -2.87. The van der Waals surface area contributed by atoms with E-state index < -0.39 is 0 Å². The third kappa shape index (κ3) is 3.35. The summed E-state index contributed by atoms with van der Waals surface area (Å²) < 4.78 is 7.32. The van der Waals surface area contributed by atoms with Crippen LogP contribution < -0.4 is 5.32 Å². The van der Waals surface area contributed by atoms with Crippen LogP contribution in [0.1, 0.15) is 37.0 Å².